The number of imidazole rings is 1. The normalized spacial score (nSPS) is 10.8. The lowest BCUT2D eigenvalue weighted by Gasteiger charge is -2.06. The van der Waals surface area contributed by atoms with Crippen LogP contribution in [0.25, 0.3) is 11.0 Å². The van der Waals surface area contributed by atoms with E-state index in [9.17, 15) is 4.79 Å². The quantitative estimate of drug-likeness (QED) is 0.771. The lowest BCUT2D eigenvalue weighted by Crippen LogP contribution is -2.22. The molecule has 1 amide bonds. The number of amides is 1. The van der Waals surface area contributed by atoms with Crippen molar-refractivity contribution in [3.8, 4) is 0 Å². The first-order valence-corrected chi connectivity index (χ1v) is 7.04. The summed E-state index contributed by atoms with van der Waals surface area (Å²) >= 11 is 11.7. The molecule has 2 N–H and O–H groups in total. The smallest absolute Gasteiger partial charge is 0.251 e. The summed E-state index contributed by atoms with van der Waals surface area (Å²) in [5.41, 5.74) is 3.30. The van der Waals surface area contributed by atoms with Crippen LogP contribution in [-0.4, -0.2) is 15.9 Å². The Morgan fingerprint density at radius 3 is 2.81 bits per heavy atom. The Morgan fingerprint density at radius 1 is 1.14 bits per heavy atom. The first-order chi connectivity index (χ1) is 10.1. The van der Waals surface area contributed by atoms with Gasteiger partial charge in [0.25, 0.3) is 5.91 Å². The standard InChI is InChI=1S/C15H11Cl2N3O/c16-11-3-2-10(6-12(11)17)15(21)18-7-9-1-4-13-14(5-9)20-8-19-13/h1-6,8H,7H2,(H,18,21)(H,19,20). The van der Waals surface area contributed by atoms with Crippen molar-refractivity contribution in [1.82, 2.24) is 15.3 Å². The average Bonchev–Trinajstić information content (AvgIpc) is 2.95. The molecule has 0 spiro atoms. The Hall–Kier alpha value is -2.04. The minimum Gasteiger partial charge on any atom is -0.348 e. The van der Waals surface area contributed by atoms with Crippen LogP contribution in [0.4, 0.5) is 0 Å². The molecule has 1 heterocycles. The Bertz CT molecular complexity index is 814. The lowest BCUT2D eigenvalue weighted by molar-refractivity contribution is 0.0951. The molecule has 21 heavy (non-hydrogen) atoms. The van der Waals surface area contributed by atoms with Crippen molar-refractivity contribution in [1.29, 1.82) is 0 Å². The topological polar surface area (TPSA) is 57.8 Å². The molecule has 0 aliphatic rings. The van der Waals surface area contributed by atoms with Crippen molar-refractivity contribution in [2.75, 3.05) is 0 Å². The van der Waals surface area contributed by atoms with Gasteiger partial charge >= 0.3 is 0 Å². The number of hydrogen-bond donors (Lipinski definition) is 2. The summed E-state index contributed by atoms with van der Waals surface area (Å²) in [6, 6.07) is 10.6. The zero-order valence-corrected chi connectivity index (χ0v) is 12.4. The predicted octanol–water partition coefficient (Wildman–Crippen LogP) is 3.80. The summed E-state index contributed by atoms with van der Waals surface area (Å²) in [4.78, 5) is 19.2. The Balaban J connectivity index is 1.71. The molecule has 0 unspecified atom stereocenters. The molecule has 3 rings (SSSR count). The zero-order valence-electron chi connectivity index (χ0n) is 10.9. The van der Waals surface area contributed by atoms with Gasteiger partial charge in [0.05, 0.1) is 27.4 Å². The highest BCUT2D eigenvalue weighted by molar-refractivity contribution is 6.42. The fourth-order valence-electron chi connectivity index (χ4n) is 2.01. The van der Waals surface area contributed by atoms with Crippen LogP contribution in [0.2, 0.25) is 10.0 Å². The molecule has 106 valence electrons. The number of carbonyl (C=O) groups excluding carboxylic acids is 1. The largest absolute Gasteiger partial charge is 0.348 e. The van der Waals surface area contributed by atoms with Crippen molar-refractivity contribution < 1.29 is 4.79 Å². The van der Waals surface area contributed by atoms with E-state index in [0.717, 1.165) is 16.6 Å². The van der Waals surface area contributed by atoms with E-state index in [-0.39, 0.29) is 5.91 Å². The van der Waals surface area contributed by atoms with Gasteiger partial charge in [0.15, 0.2) is 0 Å². The molecule has 2 aromatic carbocycles. The van der Waals surface area contributed by atoms with Gasteiger partial charge < -0.3 is 10.3 Å². The van der Waals surface area contributed by atoms with Crippen molar-refractivity contribution >= 4 is 40.1 Å². The molecule has 0 atom stereocenters. The predicted molar refractivity (Wildman–Crippen MR) is 83.7 cm³/mol. The fraction of sp³-hybridized carbons (Fsp3) is 0.0667. The number of halogens is 2. The first-order valence-electron chi connectivity index (χ1n) is 6.29. The van der Waals surface area contributed by atoms with E-state index in [0.29, 0.717) is 22.2 Å². The molecule has 0 aliphatic heterocycles. The number of H-pyrrole nitrogens is 1. The first kappa shape index (κ1) is 13.9. The minimum atomic E-state index is -0.196. The van der Waals surface area contributed by atoms with Gasteiger partial charge in [-0.3, -0.25) is 4.79 Å². The van der Waals surface area contributed by atoms with Gasteiger partial charge in [0.2, 0.25) is 0 Å². The van der Waals surface area contributed by atoms with Crippen molar-refractivity contribution in [3.63, 3.8) is 0 Å². The van der Waals surface area contributed by atoms with Crippen molar-refractivity contribution in [3.05, 3.63) is 63.9 Å². The highest BCUT2D eigenvalue weighted by atomic mass is 35.5. The summed E-state index contributed by atoms with van der Waals surface area (Å²) in [5.74, 6) is -0.196. The van der Waals surface area contributed by atoms with Gasteiger partial charge in [-0.2, -0.15) is 0 Å². The highest BCUT2D eigenvalue weighted by Gasteiger charge is 2.08. The van der Waals surface area contributed by atoms with Crippen LogP contribution in [-0.2, 0) is 6.54 Å². The van der Waals surface area contributed by atoms with Gasteiger partial charge in [-0.15, -0.1) is 0 Å². The second-order valence-electron chi connectivity index (χ2n) is 4.57. The Kier molecular flexibility index (Phi) is 3.82. The third-order valence-corrected chi connectivity index (χ3v) is 3.86. The number of benzene rings is 2. The third-order valence-electron chi connectivity index (χ3n) is 3.12. The molecule has 0 bridgehead atoms. The van der Waals surface area contributed by atoms with E-state index in [1.165, 1.54) is 0 Å². The Labute approximate surface area is 131 Å². The Morgan fingerprint density at radius 2 is 2.00 bits per heavy atom. The maximum Gasteiger partial charge on any atom is 0.251 e. The van der Waals surface area contributed by atoms with Gasteiger partial charge in [-0.05, 0) is 35.9 Å². The number of carbonyl (C=O) groups is 1. The van der Waals surface area contributed by atoms with Gasteiger partial charge in [-0.25, -0.2) is 4.98 Å². The molecule has 3 aromatic rings. The summed E-state index contributed by atoms with van der Waals surface area (Å²) in [7, 11) is 0. The van der Waals surface area contributed by atoms with Crippen molar-refractivity contribution in [2.45, 2.75) is 6.54 Å². The van der Waals surface area contributed by atoms with Crippen LogP contribution >= 0.6 is 23.2 Å². The molecule has 6 heteroatoms. The van der Waals surface area contributed by atoms with Gasteiger partial charge in [0, 0.05) is 12.1 Å². The van der Waals surface area contributed by atoms with E-state index in [1.807, 2.05) is 18.2 Å². The molecule has 0 radical (unpaired) electrons. The van der Waals surface area contributed by atoms with E-state index in [2.05, 4.69) is 15.3 Å². The molecule has 4 nitrogen and oxygen atoms in total. The fourth-order valence-corrected chi connectivity index (χ4v) is 2.31. The monoisotopic (exact) mass is 319 g/mol. The van der Waals surface area contributed by atoms with Crippen LogP contribution in [0.3, 0.4) is 0 Å². The second kappa shape index (κ2) is 5.76. The van der Waals surface area contributed by atoms with Crippen LogP contribution in [0.5, 0.6) is 0 Å². The summed E-state index contributed by atoms with van der Waals surface area (Å²) in [5, 5.41) is 3.64. The number of nitrogens with zero attached hydrogens (tertiary/aromatic N) is 1. The molecule has 0 saturated heterocycles. The number of rotatable bonds is 3. The summed E-state index contributed by atoms with van der Waals surface area (Å²) < 4.78 is 0. The molecular weight excluding hydrogens is 309 g/mol. The maximum absolute atomic E-state index is 12.1. The molecule has 0 aliphatic carbocycles. The lowest BCUT2D eigenvalue weighted by atomic mass is 10.1. The van der Waals surface area contributed by atoms with Crippen molar-refractivity contribution in [2.24, 2.45) is 0 Å². The number of aromatic nitrogens is 2. The van der Waals surface area contributed by atoms with Gasteiger partial charge in [0.1, 0.15) is 0 Å². The van der Waals surface area contributed by atoms with E-state index in [1.54, 1.807) is 24.5 Å². The van der Waals surface area contributed by atoms with Crippen LogP contribution < -0.4 is 5.32 Å². The minimum absolute atomic E-state index is 0.196. The SMILES string of the molecule is O=C(NCc1ccc2nc[nH]c2c1)c1ccc(Cl)c(Cl)c1. The van der Waals surface area contributed by atoms with E-state index >= 15 is 0 Å². The summed E-state index contributed by atoms with van der Waals surface area (Å²) in [6.45, 7) is 0.425. The van der Waals surface area contributed by atoms with E-state index in [4.69, 9.17) is 23.2 Å². The molecular formula is C15H11Cl2N3O. The number of hydrogen-bond acceptors (Lipinski definition) is 2. The molecule has 0 fully saturated rings. The average molecular weight is 320 g/mol. The summed E-state index contributed by atoms with van der Waals surface area (Å²) in [6.07, 6.45) is 1.64. The van der Waals surface area contributed by atoms with Gasteiger partial charge in [-0.1, -0.05) is 29.3 Å². The highest BCUT2D eigenvalue weighted by Crippen LogP contribution is 2.22. The van der Waals surface area contributed by atoms with Crippen LogP contribution in [0, 0.1) is 0 Å². The number of fused-ring (bicyclic) bond motifs is 1. The molecule has 0 saturated carbocycles. The number of aromatic amines is 1. The third kappa shape index (κ3) is 3.01. The van der Waals surface area contributed by atoms with E-state index < -0.39 is 0 Å². The van der Waals surface area contributed by atoms with Crippen LogP contribution in [0.1, 0.15) is 15.9 Å². The zero-order chi connectivity index (χ0) is 14.8. The molecule has 1 aromatic heterocycles. The number of nitrogens with one attached hydrogen (secondary N) is 2. The second-order valence-corrected chi connectivity index (χ2v) is 5.38. The van der Waals surface area contributed by atoms with Crippen LogP contribution in [0.15, 0.2) is 42.7 Å². The maximum atomic E-state index is 12.1.